The first kappa shape index (κ1) is 14.0. The Hall–Kier alpha value is -0.548. The normalized spacial score (nSPS) is 9.08. The zero-order valence-electron chi connectivity index (χ0n) is 6.43. The van der Waals surface area contributed by atoms with Crippen molar-refractivity contribution < 1.29 is 27.1 Å². The van der Waals surface area contributed by atoms with Crippen LogP contribution in [0, 0.1) is 0 Å². The van der Waals surface area contributed by atoms with E-state index in [2.05, 4.69) is 10.8 Å². The number of rotatable bonds is 3. The van der Waals surface area contributed by atoms with Gasteiger partial charge in [0.15, 0.2) is 0 Å². The smallest absolute Gasteiger partial charge is 0.445 e. The summed E-state index contributed by atoms with van der Waals surface area (Å²) in [7, 11) is -4.29. The van der Waals surface area contributed by atoms with Crippen molar-refractivity contribution in [3.63, 3.8) is 0 Å². The molecule has 0 aliphatic rings. The molecule has 0 aromatic heterocycles. The average molecular weight is 212 g/mol. The first-order valence-electron chi connectivity index (χ1n) is 2.81. The maximum Gasteiger partial charge on any atom is 0.445 e. The summed E-state index contributed by atoms with van der Waals surface area (Å²) in [5.41, 5.74) is 0. The lowest BCUT2D eigenvalue weighted by Crippen LogP contribution is -1.96. The van der Waals surface area contributed by atoms with E-state index in [1.165, 1.54) is 0 Å². The van der Waals surface area contributed by atoms with Crippen LogP contribution in [-0.2, 0) is 19.4 Å². The van der Waals surface area contributed by atoms with Gasteiger partial charge in [-0.05, 0) is 5.28 Å². The van der Waals surface area contributed by atoms with E-state index < -0.39 is 16.4 Å². The van der Waals surface area contributed by atoms with Gasteiger partial charge in [0.05, 0.1) is 0 Å². The van der Waals surface area contributed by atoms with E-state index >= 15 is 0 Å². The Balaban J connectivity index is 0. The Morgan fingerprint density at radius 3 is 2.00 bits per heavy atom. The van der Waals surface area contributed by atoms with Gasteiger partial charge in [-0.15, -0.1) is 0 Å². The van der Waals surface area contributed by atoms with Gasteiger partial charge in [-0.25, -0.2) is 0 Å². The molecule has 6 nitrogen and oxygen atoms in total. The van der Waals surface area contributed by atoms with Gasteiger partial charge in [-0.3, -0.25) is 9.35 Å². The molecule has 8 heteroatoms. The van der Waals surface area contributed by atoms with Crippen molar-refractivity contribution in [2.75, 3.05) is 0 Å². The van der Waals surface area contributed by atoms with Crippen molar-refractivity contribution in [3.8, 4) is 0 Å². The number of hydrogen-bond acceptors (Lipinski definition) is 4. The lowest BCUT2D eigenvalue weighted by atomic mass is 10.8. The van der Waals surface area contributed by atoms with Crippen LogP contribution in [0.25, 0.3) is 0 Å². The Labute approximate surface area is 78.2 Å². The second-order valence-electron chi connectivity index (χ2n) is 1.44. The quantitative estimate of drug-likeness (QED) is 0.356. The van der Waals surface area contributed by atoms with Gasteiger partial charge < -0.3 is 9.29 Å². The van der Waals surface area contributed by atoms with Crippen LogP contribution in [0.2, 0.25) is 5.28 Å². The number of carbonyl (C=O) groups is 1. The van der Waals surface area contributed by atoms with Gasteiger partial charge in [0.2, 0.25) is 16.3 Å². The van der Waals surface area contributed by atoms with Gasteiger partial charge in [-0.1, -0.05) is 6.58 Å². The fraction of sp³-hybridized carbons (Fsp3) is 0.250. The van der Waals surface area contributed by atoms with Crippen LogP contribution in [0.1, 0.15) is 0 Å². The predicted octanol–water partition coefficient (Wildman–Crippen LogP) is -0.928. The molecule has 12 heavy (non-hydrogen) atoms. The third kappa shape index (κ3) is 22.7. The first-order valence-corrected chi connectivity index (χ1v) is 5.59. The molecule has 0 unspecified atom stereocenters. The molecule has 0 aromatic carbocycles. The van der Waals surface area contributed by atoms with Crippen LogP contribution >= 0.6 is 0 Å². The van der Waals surface area contributed by atoms with Crippen LogP contribution in [-0.4, -0.2) is 40.3 Å². The van der Waals surface area contributed by atoms with Crippen molar-refractivity contribution in [2.24, 2.45) is 0 Å². The predicted molar refractivity (Wildman–Crippen MR) is 43.8 cm³/mol. The minimum absolute atomic E-state index is 0.361. The summed E-state index contributed by atoms with van der Waals surface area (Å²) in [5, 5.41) is 8.12. The van der Waals surface area contributed by atoms with Crippen molar-refractivity contribution in [3.05, 3.63) is 12.8 Å². The highest BCUT2D eigenvalue weighted by molar-refractivity contribution is 7.81. The fourth-order valence-electron chi connectivity index (χ4n) is 0.0860. The zero-order chi connectivity index (χ0) is 10.2. The third-order valence-electron chi connectivity index (χ3n) is 0.492. The lowest BCUT2D eigenvalue weighted by molar-refractivity contribution is -0.134. The van der Waals surface area contributed by atoms with E-state index in [0.717, 1.165) is 16.3 Å². The fourth-order valence-corrected chi connectivity index (χ4v) is 0.258. The van der Waals surface area contributed by atoms with Gasteiger partial charge in [0, 0.05) is 0 Å². The molecular formula is C4H9AlO6S. The van der Waals surface area contributed by atoms with Crippen molar-refractivity contribution in [1.82, 2.24) is 0 Å². The second-order valence-corrected chi connectivity index (χ2v) is 3.19. The van der Waals surface area contributed by atoms with Crippen molar-refractivity contribution in [1.29, 1.82) is 0 Å². The summed E-state index contributed by atoms with van der Waals surface area (Å²) in [6.07, 6.45) is 0.620. The Bertz CT molecular complexity index is 232. The zero-order valence-corrected chi connectivity index (χ0v) is 9.24. The molecule has 0 amide bonds. The van der Waals surface area contributed by atoms with E-state index in [0.29, 0.717) is 11.5 Å². The SMILES string of the molecule is C=COS(=O)(=O)O.O=C(O)[CH2][AlH2]. The van der Waals surface area contributed by atoms with Crippen LogP contribution < -0.4 is 0 Å². The number of carboxylic acids is 1. The van der Waals surface area contributed by atoms with Gasteiger partial charge in [0.1, 0.15) is 6.26 Å². The van der Waals surface area contributed by atoms with E-state index in [1.807, 2.05) is 0 Å². The number of carboxylic acid groups (broad SMARTS) is 1. The second kappa shape index (κ2) is 7.12. The highest BCUT2D eigenvalue weighted by Crippen LogP contribution is 1.82. The molecule has 0 saturated heterocycles. The number of hydrogen-bond donors (Lipinski definition) is 2. The molecule has 2 N–H and O–H groups in total. The van der Waals surface area contributed by atoms with E-state index in [-0.39, 0.29) is 0 Å². The lowest BCUT2D eigenvalue weighted by Gasteiger charge is -1.86. The van der Waals surface area contributed by atoms with E-state index in [1.54, 1.807) is 0 Å². The van der Waals surface area contributed by atoms with Crippen LogP contribution in [0.4, 0.5) is 0 Å². The molecule has 0 saturated carbocycles. The van der Waals surface area contributed by atoms with Crippen molar-refractivity contribution >= 4 is 32.7 Å². The Kier molecular flexibility index (Phi) is 8.31. The molecule has 0 heterocycles. The maximum atomic E-state index is 9.49. The highest BCUT2D eigenvalue weighted by Gasteiger charge is 1.96. The Morgan fingerprint density at radius 1 is 1.67 bits per heavy atom. The minimum atomic E-state index is -4.29. The largest absolute Gasteiger partial charge is 0.482 e. The summed E-state index contributed by atoms with van der Waals surface area (Å²) in [6.45, 7) is 2.88. The van der Waals surface area contributed by atoms with Crippen LogP contribution in [0.3, 0.4) is 0 Å². The molecular weight excluding hydrogens is 203 g/mol. The van der Waals surface area contributed by atoms with E-state index in [4.69, 9.17) is 9.66 Å². The molecule has 0 radical (unpaired) electrons. The third-order valence-corrected chi connectivity index (χ3v) is 1.48. The van der Waals surface area contributed by atoms with E-state index in [9.17, 15) is 13.2 Å². The summed E-state index contributed by atoms with van der Waals surface area (Å²) in [4.78, 5) is 9.40. The van der Waals surface area contributed by atoms with Crippen LogP contribution in [0.5, 0.6) is 0 Å². The summed E-state index contributed by atoms with van der Waals surface area (Å²) in [5.74, 6) is -0.684. The summed E-state index contributed by atoms with van der Waals surface area (Å²) >= 11 is 0.774. The molecule has 0 rings (SSSR count). The molecule has 0 atom stereocenters. The number of aliphatic carboxylic acids is 1. The minimum Gasteiger partial charge on any atom is -0.482 e. The summed E-state index contributed by atoms with van der Waals surface area (Å²) in [6, 6.07) is 0. The van der Waals surface area contributed by atoms with Gasteiger partial charge in [0.25, 0.3) is 5.97 Å². The van der Waals surface area contributed by atoms with Crippen LogP contribution in [0.15, 0.2) is 12.8 Å². The molecule has 0 aromatic rings. The monoisotopic (exact) mass is 212 g/mol. The molecule has 0 fully saturated rings. The van der Waals surface area contributed by atoms with Gasteiger partial charge >= 0.3 is 10.4 Å². The molecule has 0 aliphatic heterocycles. The standard InChI is InChI=1S/C2H4O4S.C2H3O2.Al.2H/c1-2-6-7(3,4)5;1-2(3)4;;;/h2H,1H2,(H,3,4,5);1H2,(H,3,4);;;. The average Bonchev–Trinajstić information content (AvgIpc) is 1.86. The molecule has 0 spiro atoms. The molecule has 0 bridgehead atoms. The maximum absolute atomic E-state index is 9.49. The first-order chi connectivity index (χ1) is 5.33. The van der Waals surface area contributed by atoms with Gasteiger partial charge in [-0.2, -0.15) is 8.42 Å². The summed E-state index contributed by atoms with van der Waals surface area (Å²) < 4.78 is 30.2. The molecule has 70 valence electrons. The van der Waals surface area contributed by atoms with Crippen molar-refractivity contribution in [2.45, 2.75) is 5.28 Å². The highest BCUT2D eigenvalue weighted by atomic mass is 32.3. The Morgan fingerprint density at radius 2 is 2.00 bits per heavy atom. The molecule has 0 aliphatic carbocycles. The topological polar surface area (TPSA) is 101 Å².